The molecule has 0 unspecified atom stereocenters. The molecule has 6 nitrogen and oxygen atoms in total. The van der Waals surface area contributed by atoms with Crippen molar-refractivity contribution in [3.05, 3.63) is 35.9 Å². The molecule has 0 aliphatic carbocycles. The first-order valence-corrected chi connectivity index (χ1v) is 7.45. The number of hydrogen-bond donors (Lipinski definition) is 2. The van der Waals surface area contributed by atoms with Crippen molar-refractivity contribution in [1.82, 2.24) is 15.5 Å². The van der Waals surface area contributed by atoms with E-state index in [2.05, 4.69) is 16.7 Å². The molecule has 1 saturated heterocycles. The number of hydrogen-bond acceptors (Lipinski definition) is 4. The minimum Gasteiger partial charge on any atom is -0.351 e. The zero-order valence-corrected chi connectivity index (χ0v) is 12.4. The number of nitriles is 1. The summed E-state index contributed by atoms with van der Waals surface area (Å²) < 4.78 is 0. The molecule has 1 aromatic carbocycles. The molecule has 1 aromatic rings. The molecule has 2 N–H and O–H groups in total. The van der Waals surface area contributed by atoms with Crippen LogP contribution in [0.4, 0.5) is 0 Å². The maximum absolute atomic E-state index is 12.0. The van der Waals surface area contributed by atoms with Gasteiger partial charge in [-0.15, -0.1) is 0 Å². The van der Waals surface area contributed by atoms with Crippen molar-refractivity contribution in [3.8, 4) is 6.07 Å². The molecule has 2 amide bonds. The van der Waals surface area contributed by atoms with Crippen LogP contribution in [0.1, 0.15) is 23.2 Å². The lowest BCUT2D eigenvalue weighted by atomic mass is 10.2. The van der Waals surface area contributed by atoms with Crippen LogP contribution < -0.4 is 10.6 Å². The topological polar surface area (TPSA) is 85.2 Å². The highest BCUT2D eigenvalue weighted by molar-refractivity contribution is 5.94. The van der Waals surface area contributed by atoms with E-state index >= 15 is 0 Å². The SMILES string of the molecule is N#C[C@@H]1CCCN1C(=O)CNCCNC(=O)c1ccccc1. The van der Waals surface area contributed by atoms with Gasteiger partial charge in [0.2, 0.25) is 5.91 Å². The second-order valence-electron chi connectivity index (χ2n) is 5.17. The Morgan fingerprint density at radius 1 is 1.27 bits per heavy atom. The highest BCUT2D eigenvalue weighted by Crippen LogP contribution is 2.15. The summed E-state index contributed by atoms with van der Waals surface area (Å²) in [6.45, 7) is 1.81. The number of carbonyl (C=O) groups excluding carboxylic acids is 2. The summed E-state index contributed by atoms with van der Waals surface area (Å²) in [4.78, 5) is 25.4. The maximum Gasteiger partial charge on any atom is 0.251 e. The van der Waals surface area contributed by atoms with Crippen molar-refractivity contribution in [2.24, 2.45) is 0 Å². The Hall–Kier alpha value is -2.39. The Kier molecular flexibility index (Phi) is 5.92. The van der Waals surface area contributed by atoms with Crippen molar-refractivity contribution < 1.29 is 9.59 Å². The molecule has 0 spiro atoms. The average Bonchev–Trinajstić information content (AvgIpc) is 3.03. The molecule has 1 heterocycles. The summed E-state index contributed by atoms with van der Waals surface area (Å²) in [5.41, 5.74) is 0.618. The number of nitrogens with zero attached hydrogens (tertiary/aromatic N) is 2. The van der Waals surface area contributed by atoms with E-state index in [1.807, 2.05) is 18.2 Å². The van der Waals surface area contributed by atoms with Crippen LogP contribution in [-0.2, 0) is 4.79 Å². The summed E-state index contributed by atoms with van der Waals surface area (Å²) >= 11 is 0. The van der Waals surface area contributed by atoms with Crippen LogP contribution in [0.2, 0.25) is 0 Å². The fourth-order valence-corrected chi connectivity index (χ4v) is 2.45. The van der Waals surface area contributed by atoms with E-state index in [4.69, 9.17) is 5.26 Å². The van der Waals surface area contributed by atoms with Gasteiger partial charge in [0.1, 0.15) is 6.04 Å². The molecule has 1 aliphatic rings. The number of benzene rings is 1. The zero-order chi connectivity index (χ0) is 15.8. The third kappa shape index (κ3) is 4.30. The summed E-state index contributed by atoms with van der Waals surface area (Å²) in [6.07, 6.45) is 1.65. The van der Waals surface area contributed by atoms with Crippen LogP contribution in [0.3, 0.4) is 0 Å². The minimum atomic E-state index is -0.285. The first-order chi connectivity index (χ1) is 10.7. The van der Waals surface area contributed by atoms with Crippen molar-refractivity contribution in [2.45, 2.75) is 18.9 Å². The molecule has 0 radical (unpaired) electrons. The second-order valence-corrected chi connectivity index (χ2v) is 5.17. The molecular formula is C16H20N4O2. The van der Waals surface area contributed by atoms with E-state index in [1.54, 1.807) is 17.0 Å². The predicted molar refractivity (Wildman–Crippen MR) is 82.0 cm³/mol. The van der Waals surface area contributed by atoms with E-state index in [-0.39, 0.29) is 24.4 Å². The quantitative estimate of drug-likeness (QED) is 0.750. The van der Waals surface area contributed by atoms with Gasteiger partial charge < -0.3 is 15.5 Å². The van der Waals surface area contributed by atoms with Gasteiger partial charge in [-0.1, -0.05) is 18.2 Å². The molecule has 0 aromatic heterocycles. The molecule has 1 fully saturated rings. The molecular weight excluding hydrogens is 280 g/mol. The van der Waals surface area contributed by atoms with Gasteiger partial charge in [-0.05, 0) is 25.0 Å². The number of nitrogens with one attached hydrogen (secondary N) is 2. The predicted octanol–water partition coefficient (Wildman–Crippen LogP) is 0.521. The Bertz CT molecular complexity index is 553. The normalized spacial score (nSPS) is 17.0. The largest absolute Gasteiger partial charge is 0.351 e. The lowest BCUT2D eigenvalue weighted by molar-refractivity contribution is -0.130. The molecule has 2 rings (SSSR count). The van der Waals surface area contributed by atoms with E-state index in [0.717, 1.165) is 12.8 Å². The van der Waals surface area contributed by atoms with Gasteiger partial charge in [0, 0.05) is 25.2 Å². The Morgan fingerprint density at radius 2 is 2.05 bits per heavy atom. The monoisotopic (exact) mass is 300 g/mol. The number of carbonyl (C=O) groups is 2. The van der Waals surface area contributed by atoms with Gasteiger partial charge in [-0.25, -0.2) is 0 Å². The molecule has 1 atom stereocenters. The summed E-state index contributed by atoms with van der Waals surface area (Å²) in [5, 5.41) is 14.7. The van der Waals surface area contributed by atoms with Gasteiger partial charge in [0.05, 0.1) is 12.6 Å². The standard InChI is InChI=1S/C16H20N4O2/c17-11-14-7-4-10-20(14)15(21)12-18-8-9-19-16(22)13-5-2-1-3-6-13/h1-3,5-6,14,18H,4,7-10,12H2,(H,19,22)/t14-/m0/s1. The van der Waals surface area contributed by atoms with Crippen LogP contribution in [-0.4, -0.2) is 48.9 Å². The zero-order valence-electron chi connectivity index (χ0n) is 12.4. The second kappa shape index (κ2) is 8.15. The van der Waals surface area contributed by atoms with Gasteiger partial charge in [0.25, 0.3) is 5.91 Å². The van der Waals surface area contributed by atoms with Crippen LogP contribution in [0.25, 0.3) is 0 Å². The Morgan fingerprint density at radius 3 is 2.77 bits per heavy atom. The van der Waals surface area contributed by atoms with Crippen molar-refractivity contribution >= 4 is 11.8 Å². The van der Waals surface area contributed by atoms with Crippen molar-refractivity contribution in [3.63, 3.8) is 0 Å². The van der Waals surface area contributed by atoms with Crippen LogP contribution in [0, 0.1) is 11.3 Å². The van der Waals surface area contributed by atoms with Crippen LogP contribution in [0.5, 0.6) is 0 Å². The first-order valence-electron chi connectivity index (χ1n) is 7.45. The summed E-state index contributed by atoms with van der Waals surface area (Å²) in [6, 6.07) is 10.9. The van der Waals surface area contributed by atoms with Crippen LogP contribution >= 0.6 is 0 Å². The fraction of sp³-hybridized carbons (Fsp3) is 0.438. The lowest BCUT2D eigenvalue weighted by Gasteiger charge is -2.19. The number of rotatable bonds is 6. The third-order valence-electron chi connectivity index (χ3n) is 3.62. The van der Waals surface area contributed by atoms with Gasteiger partial charge >= 0.3 is 0 Å². The lowest BCUT2D eigenvalue weighted by Crippen LogP contribution is -2.42. The van der Waals surface area contributed by atoms with Gasteiger partial charge in [-0.3, -0.25) is 9.59 Å². The first kappa shape index (κ1) is 16.0. The molecule has 6 heteroatoms. The maximum atomic E-state index is 12.0. The number of likely N-dealkylation sites (tertiary alicyclic amines) is 1. The van der Waals surface area contributed by atoms with Crippen molar-refractivity contribution in [1.29, 1.82) is 5.26 Å². The highest BCUT2D eigenvalue weighted by Gasteiger charge is 2.27. The molecule has 0 saturated carbocycles. The minimum absolute atomic E-state index is 0.0570. The van der Waals surface area contributed by atoms with E-state index in [9.17, 15) is 9.59 Å². The molecule has 1 aliphatic heterocycles. The van der Waals surface area contributed by atoms with Gasteiger partial charge in [0.15, 0.2) is 0 Å². The van der Waals surface area contributed by atoms with E-state index < -0.39 is 0 Å². The van der Waals surface area contributed by atoms with E-state index in [1.165, 1.54) is 0 Å². The summed E-state index contributed by atoms with van der Waals surface area (Å²) in [5.74, 6) is -0.184. The molecule has 116 valence electrons. The van der Waals surface area contributed by atoms with E-state index in [0.29, 0.717) is 25.2 Å². The van der Waals surface area contributed by atoms with Crippen LogP contribution in [0.15, 0.2) is 30.3 Å². The number of amides is 2. The Labute approximate surface area is 130 Å². The average molecular weight is 300 g/mol. The molecule has 0 bridgehead atoms. The Balaban J connectivity index is 1.62. The third-order valence-corrected chi connectivity index (χ3v) is 3.62. The smallest absolute Gasteiger partial charge is 0.251 e. The molecule has 22 heavy (non-hydrogen) atoms. The van der Waals surface area contributed by atoms with Crippen molar-refractivity contribution in [2.75, 3.05) is 26.2 Å². The fourth-order valence-electron chi connectivity index (χ4n) is 2.45. The van der Waals surface area contributed by atoms with Gasteiger partial charge in [-0.2, -0.15) is 5.26 Å². The highest BCUT2D eigenvalue weighted by atomic mass is 16.2. The summed E-state index contributed by atoms with van der Waals surface area (Å²) in [7, 11) is 0.